The molecule has 0 spiro atoms. The maximum Gasteiger partial charge on any atom is 0.172 e. The van der Waals surface area contributed by atoms with Gasteiger partial charge in [-0.1, -0.05) is 12.1 Å². The van der Waals surface area contributed by atoms with Crippen LogP contribution < -0.4 is 10.6 Å². The van der Waals surface area contributed by atoms with Gasteiger partial charge >= 0.3 is 0 Å². The normalized spacial score (nSPS) is 10.4. The summed E-state index contributed by atoms with van der Waals surface area (Å²) < 4.78 is 19.5. The van der Waals surface area contributed by atoms with Crippen LogP contribution in [0.5, 0.6) is 0 Å². The molecule has 0 radical (unpaired) electrons. The summed E-state index contributed by atoms with van der Waals surface area (Å²) in [5.41, 5.74) is 0.979. The molecular weight excluding hydrogens is 291 g/mol. The van der Waals surface area contributed by atoms with Crippen molar-refractivity contribution in [2.75, 3.05) is 25.6 Å². The van der Waals surface area contributed by atoms with Crippen LogP contribution in [0.4, 0.5) is 10.2 Å². The minimum Gasteiger partial charge on any atom is -0.383 e. The van der Waals surface area contributed by atoms with Gasteiger partial charge in [0, 0.05) is 25.9 Å². The second-order valence-corrected chi connectivity index (χ2v) is 4.81. The predicted molar refractivity (Wildman–Crippen MR) is 83.8 cm³/mol. The second-order valence-electron chi connectivity index (χ2n) is 4.40. The summed E-state index contributed by atoms with van der Waals surface area (Å²) in [6.45, 7) is 1.80. The number of rotatable bonds is 6. The highest BCUT2D eigenvalue weighted by molar-refractivity contribution is 7.80. The third-order valence-electron chi connectivity index (χ3n) is 2.73. The third kappa shape index (κ3) is 5.13. The van der Waals surface area contributed by atoms with E-state index in [1.165, 1.54) is 12.1 Å². The number of ether oxygens (including phenoxy) is 1. The van der Waals surface area contributed by atoms with E-state index in [1.807, 2.05) is 12.3 Å². The first kappa shape index (κ1) is 15.4. The molecule has 0 saturated carbocycles. The third-order valence-corrected chi connectivity index (χ3v) is 2.98. The molecule has 2 N–H and O–H groups in total. The zero-order valence-electron chi connectivity index (χ0n) is 11.7. The average Bonchev–Trinajstić information content (AvgIpc) is 2.89. The number of anilines is 1. The van der Waals surface area contributed by atoms with E-state index in [0.29, 0.717) is 30.6 Å². The van der Waals surface area contributed by atoms with Gasteiger partial charge < -0.3 is 15.4 Å². The molecule has 2 rings (SSSR count). The zero-order valence-corrected chi connectivity index (χ0v) is 12.5. The Hall–Kier alpha value is -1.99. The summed E-state index contributed by atoms with van der Waals surface area (Å²) in [6, 6.07) is 8.18. The van der Waals surface area contributed by atoms with Crippen LogP contribution in [0.2, 0.25) is 0 Å². The lowest BCUT2D eigenvalue weighted by Crippen LogP contribution is -2.31. The number of hydrogen-bond acceptors (Lipinski definition) is 3. The van der Waals surface area contributed by atoms with Gasteiger partial charge in [0.1, 0.15) is 5.82 Å². The first-order valence-electron chi connectivity index (χ1n) is 6.49. The number of benzene rings is 1. The summed E-state index contributed by atoms with van der Waals surface area (Å²) in [5.74, 6) is 0.418. The standard InChI is InChI=1S/C14H17FN4OS/c1-20-9-7-16-14(21)17-13-6-8-19(18-13)10-11-2-4-12(15)5-3-11/h2-6,8H,7,9-10H2,1H3,(H2,16,17,18,21). The molecule has 21 heavy (non-hydrogen) atoms. The average molecular weight is 308 g/mol. The van der Waals surface area contributed by atoms with Crippen molar-refractivity contribution in [2.45, 2.75) is 6.54 Å². The Morgan fingerprint density at radius 3 is 2.81 bits per heavy atom. The summed E-state index contributed by atoms with van der Waals surface area (Å²) in [5, 5.41) is 10.8. The molecule has 2 aromatic rings. The van der Waals surface area contributed by atoms with Crippen LogP contribution in [0.3, 0.4) is 0 Å². The number of thiocarbonyl (C=S) groups is 1. The molecule has 112 valence electrons. The van der Waals surface area contributed by atoms with Crippen LogP contribution >= 0.6 is 12.2 Å². The van der Waals surface area contributed by atoms with Gasteiger partial charge in [-0.3, -0.25) is 4.68 Å². The molecule has 0 amide bonds. The topological polar surface area (TPSA) is 51.1 Å². The van der Waals surface area contributed by atoms with Gasteiger partial charge in [-0.05, 0) is 29.9 Å². The zero-order chi connectivity index (χ0) is 15.1. The van der Waals surface area contributed by atoms with E-state index in [0.717, 1.165) is 5.56 Å². The molecule has 0 aliphatic carbocycles. The maximum absolute atomic E-state index is 12.8. The van der Waals surface area contributed by atoms with Gasteiger partial charge in [0.15, 0.2) is 10.9 Å². The molecule has 1 aromatic heterocycles. The SMILES string of the molecule is COCCNC(=S)Nc1ccn(Cc2ccc(F)cc2)n1. The van der Waals surface area contributed by atoms with E-state index in [1.54, 1.807) is 23.9 Å². The fourth-order valence-electron chi connectivity index (χ4n) is 1.72. The van der Waals surface area contributed by atoms with Crippen LogP contribution in [-0.2, 0) is 11.3 Å². The van der Waals surface area contributed by atoms with Crippen molar-refractivity contribution in [1.29, 1.82) is 0 Å². The van der Waals surface area contributed by atoms with Crippen LogP contribution in [0.1, 0.15) is 5.56 Å². The first-order chi connectivity index (χ1) is 10.2. The van der Waals surface area contributed by atoms with Crippen molar-refractivity contribution < 1.29 is 9.13 Å². The van der Waals surface area contributed by atoms with Crippen LogP contribution in [0.25, 0.3) is 0 Å². The molecule has 0 atom stereocenters. The Morgan fingerprint density at radius 2 is 2.10 bits per heavy atom. The quantitative estimate of drug-likeness (QED) is 0.631. The Kier molecular flexibility index (Phi) is 5.65. The summed E-state index contributed by atoms with van der Waals surface area (Å²) >= 11 is 5.13. The van der Waals surface area contributed by atoms with Gasteiger partial charge in [0.25, 0.3) is 0 Å². The van der Waals surface area contributed by atoms with Crippen LogP contribution in [0, 0.1) is 5.82 Å². The Bertz CT molecular complexity index is 585. The van der Waals surface area contributed by atoms with Gasteiger partial charge in [-0.2, -0.15) is 5.10 Å². The van der Waals surface area contributed by atoms with E-state index in [9.17, 15) is 4.39 Å². The fourth-order valence-corrected chi connectivity index (χ4v) is 1.93. The molecule has 7 heteroatoms. The number of halogens is 1. The highest BCUT2D eigenvalue weighted by Gasteiger charge is 2.02. The van der Waals surface area contributed by atoms with Crippen molar-refractivity contribution in [3.63, 3.8) is 0 Å². The molecule has 0 unspecified atom stereocenters. The summed E-state index contributed by atoms with van der Waals surface area (Å²) in [7, 11) is 1.63. The number of methoxy groups -OCH3 is 1. The molecule has 0 bridgehead atoms. The minimum absolute atomic E-state index is 0.242. The van der Waals surface area contributed by atoms with E-state index >= 15 is 0 Å². The molecule has 0 aliphatic heterocycles. The highest BCUT2D eigenvalue weighted by atomic mass is 32.1. The molecule has 0 aliphatic rings. The van der Waals surface area contributed by atoms with E-state index < -0.39 is 0 Å². The smallest absolute Gasteiger partial charge is 0.172 e. The number of hydrogen-bond donors (Lipinski definition) is 2. The lowest BCUT2D eigenvalue weighted by atomic mass is 10.2. The Labute approximate surface area is 128 Å². The molecular formula is C14H17FN4OS. The largest absolute Gasteiger partial charge is 0.383 e. The van der Waals surface area contributed by atoms with Crippen LogP contribution in [0.15, 0.2) is 36.5 Å². The van der Waals surface area contributed by atoms with E-state index in [2.05, 4.69) is 15.7 Å². The second kappa shape index (κ2) is 7.70. The fraction of sp³-hybridized carbons (Fsp3) is 0.286. The monoisotopic (exact) mass is 308 g/mol. The lowest BCUT2D eigenvalue weighted by molar-refractivity contribution is 0.204. The first-order valence-corrected chi connectivity index (χ1v) is 6.90. The lowest BCUT2D eigenvalue weighted by Gasteiger charge is -2.07. The van der Waals surface area contributed by atoms with Crippen LogP contribution in [-0.4, -0.2) is 35.2 Å². The molecule has 0 fully saturated rings. The number of nitrogens with zero attached hydrogens (tertiary/aromatic N) is 2. The van der Waals surface area contributed by atoms with E-state index in [-0.39, 0.29) is 5.82 Å². The minimum atomic E-state index is -0.242. The van der Waals surface area contributed by atoms with E-state index in [4.69, 9.17) is 17.0 Å². The Morgan fingerprint density at radius 1 is 1.33 bits per heavy atom. The highest BCUT2D eigenvalue weighted by Crippen LogP contribution is 2.07. The predicted octanol–water partition coefficient (Wildman–Crippen LogP) is 2.00. The summed E-state index contributed by atoms with van der Waals surface area (Å²) in [6.07, 6.45) is 1.84. The van der Waals surface area contributed by atoms with Gasteiger partial charge in [0.05, 0.1) is 13.2 Å². The molecule has 1 heterocycles. The number of aromatic nitrogens is 2. The van der Waals surface area contributed by atoms with Gasteiger partial charge in [0.2, 0.25) is 0 Å². The summed E-state index contributed by atoms with van der Waals surface area (Å²) in [4.78, 5) is 0. The van der Waals surface area contributed by atoms with Crippen molar-refractivity contribution >= 4 is 23.1 Å². The maximum atomic E-state index is 12.8. The molecule has 0 saturated heterocycles. The molecule has 5 nitrogen and oxygen atoms in total. The van der Waals surface area contributed by atoms with Crippen molar-refractivity contribution in [3.8, 4) is 0 Å². The Balaban J connectivity index is 1.86. The van der Waals surface area contributed by atoms with Gasteiger partial charge in [-0.25, -0.2) is 4.39 Å². The van der Waals surface area contributed by atoms with Crippen molar-refractivity contribution in [1.82, 2.24) is 15.1 Å². The van der Waals surface area contributed by atoms with Gasteiger partial charge in [-0.15, -0.1) is 0 Å². The van der Waals surface area contributed by atoms with Crippen molar-refractivity contribution in [3.05, 3.63) is 47.9 Å². The van der Waals surface area contributed by atoms with Crippen molar-refractivity contribution in [2.24, 2.45) is 0 Å². The number of nitrogens with one attached hydrogen (secondary N) is 2. The molecule has 1 aromatic carbocycles.